The lowest BCUT2D eigenvalue weighted by Gasteiger charge is -2.22. The lowest BCUT2D eigenvalue weighted by atomic mass is 10.2. The fourth-order valence-electron chi connectivity index (χ4n) is 2.02. The van der Waals surface area contributed by atoms with Gasteiger partial charge in [-0.1, -0.05) is 13.8 Å². The van der Waals surface area contributed by atoms with Crippen molar-refractivity contribution in [3.63, 3.8) is 0 Å². The predicted octanol–water partition coefficient (Wildman–Crippen LogP) is 1.23. The molecule has 0 bridgehead atoms. The molecule has 0 aromatic heterocycles. The third-order valence-electron chi connectivity index (χ3n) is 3.37. The lowest BCUT2D eigenvalue weighted by Crippen LogP contribution is -2.43. The average molecular weight is 256 g/mol. The van der Waals surface area contributed by atoms with Crippen LogP contribution in [0.4, 0.5) is 0 Å². The quantitative estimate of drug-likeness (QED) is 0.651. The van der Waals surface area contributed by atoms with E-state index in [2.05, 4.69) is 19.2 Å². The first-order chi connectivity index (χ1) is 8.56. The molecule has 0 saturated heterocycles. The summed E-state index contributed by atoms with van der Waals surface area (Å²) in [6.45, 7) is 4.90. The van der Waals surface area contributed by atoms with Crippen molar-refractivity contribution in [3.8, 4) is 0 Å². The van der Waals surface area contributed by atoms with Crippen molar-refractivity contribution >= 4 is 11.9 Å². The first kappa shape index (κ1) is 15.0. The van der Waals surface area contributed by atoms with Crippen molar-refractivity contribution in [3.05, 3.63) is 0 Å². The monoisotopic (exact) mass is 256 g/mol. The van der Waals surface area contributed by atoms with Crippen LogP contribution in [0.3, 0.4) is 0 Å². The zero-order valence-electron chi connectivity index (χ0n) is 11.3. The molecule has 18 heavy (non-hydrogen) atoms. The van der Waals surface area contributed by atoms with Crippen molar-refractivity contribution in [1.82, 2.24) is 10.2 Å². The van der Waals surface area contributed by atoms with Gasteiger partial charge in [0.2, 0.25) is 5.91 Å². The minimum Gasteiger partial charge on any atom is -0.481 e. The van der Waals surface area contributed by atoms with Gasteiger partial charge in [-0.05, 0) is 25.7 Å². The van der Waals surface area contributed by atoms with Gasteiger partial charge in [-0.3, -0.25) is 14.5 Å². The molecule has 104 valence electrons. The molecule has 0 heterocycles. The van der Waals surface area contributed by atoms with Crippen LogP contribution in [0.15, 0.2) is 0 Å². The van der Waals surface area contributed by atoms with Crippen molar-refractivity contribution < 1.29 is 14.7 Å². The topological polar surface area (TPSA) is 69.6 Å². The van der Waals surface area contributed by atoms with Gasteiger partial charge in [-0.25, -0.2) is 0 Å². The van der Waals surface area contributed by atoms with E-state index >= 15 is 0 Å². The molecule has 2 N–H and O–H groups in total. The molecule has 0 aliphatic heterocycles. The lowest BCUT2D eigenvalue weighted by molar-refractivity contribution is -0.137. The zero-order valence-corrected chi connectivity index (χ0v) is 11.3. The third-order valence-corrected chi connectivity index (χ3v) is 3.37. The maximum atomic E-state index is 11.9. The standard InChI is InChI=1S/C13H24N2O3/c1-3-10(4-2)14-12(16)9-15(11-5-6-11)8-7-13(17)18/h10-11H,3-9H2,1-2H3,(H,14,16)(H,17,18). The van der Waals surface area contributed by atoms with Crippen molar-refractivity contribution in [2.24, 2.45) is 0 Å². The van der Waals surface area contributed by atoms with E-state index in [1.54, 1.807) is 0 Å². The summed E-state index contributed by atoms with van der Waals surface area (Å²) in [6.07, 6.45) is 4.13. The van der Waals surface area contributed by atoms with Crippen LogP contribution >= 0.6 is 0 Å². The molecule has 5 nitrogen and oxygen atoms in total. The van der Waals surface area contributed by atoms with E-state index in [0.29, 0.717) is 19.1 Å². The summed E-state index contributed by atoms with van der Waals surface area (Å²) in [5.74, 6) is -0.790. The SMILES string of the molecule is CCC(CC)NC(=O)CN(CCC(=O)O)C1CC1. The van der Waals surface area contributed by atoms with E-state index < -0.39 is 5.97 Å². The van der Waals surface area contributed by atoms with Gasteiger partial charge in [0.25, 0.3) is 0 Å². The summed E-state index contributed by atoms with van der Waals surface area (Å²) in [6, 6.07) is 0.648. The van der Waals surface area contributed by atoms with Crippen LogP contribution in [-0.4, -0.2) is 47.1 Å². The van der Waals surface area contributed by atoms with E-state index in [1.165, 1.54) is 0 Å². The Morgan fingerprint density at radius 2 is 1.94 bits per heavy atom. The molecule has 0 unspecified atom stereocenters. The van der Waals surface area contributed by atoms with E-state index in [9.17, 15) is 9.59 Å². The molecule has 1 fully saturated rings. The number of carbonyl (C=O) groups excluding carboxylic acids is 1. The van der Waals surface area contributed by atoms with Crippen LogP contribution in [0.1, 0.15) is 46.0 Å². The molecule has 1 aliphatic carbocycles. The number of carboxylic acid groups (broad SMARTS) is 1. The van der Waals surface area contributed by atoms with E-state index in [1.807, 2.05) is 4.90 Å². The predicted molar refractivity (Wildman–Crippen MR) is 69.4 cm³/mol. The molecule has 0 radical (unpaired) electrons. The second-order valence-electron chi connectivity index (χ2n) is 4.93. The highest BCUT2D eigenvalue weighted by atomic mass is 16.4. The number of nitrogens with zero attached hydrogens (tertiary/aromatic N) is 1. The summed E-state index contributed by atoms with van der Waals surface area (Å²) in [5.41, 5.74) is 0. The van der Waals surface area contributed by atoms with Gasteiger partial charge in [-0.2, -0.15) is 0 Å². The van der Waals surface area contributed by atoms with Gasteiger partial charge in [0.15, 0.2) is 0 Å². The maximum absolute atomic E-state index is 11.9. The van der Waals surface area contributed by atoms with Gasteiger partial charge in [0.1, 0.15) is 0 Å². The summed E-state index contributed by atoms with van der Waals surface area (Å²) in [4.78, 5) is 24.4. The maximum Gasteiger partial charge on any atom is 0.304 e. The number of carbonyl (C=O) groups is 2. The third kappa shape index (κ3) is 5.49. The second kappa shape index (κ2) is 7.36. The summed E-state index contributed by atoms with van der Waals surface area (Å²) in [5, 5.41) is 11.7. The second-order valence-corrected chi connectivity index (χ2v) is 4.93. The summed E-state index contributed by atoms with van der Waals surface area (Å²) in [7, 11) is 0. The molecule has 0 aromatic rings. The molecule has 0 atom stereocenters. The van der Waals surface area contributed by atoms with Gasteiger partial charge >= 0.3 is 5.97 Å². The van der Waals surface area contributed by atoms with Crippen LogP contribution in [0.2, 0.25) is 0 Å². The Labute approximate surface area is 109 Å². The van der Waals surface area contributed by atoms with Crippen LogP contribution in [0, 0.1) is 0 Å². The molecule has 5 heteroatoms. The molecule has 1 amide bonds. The molecule has 0 spiro atoms. The van der Waals surface area contributed by atoms with Crippen LogP contribution in [0.25, 0.3) is 0 Å². The zero-order chi connectivity index (χ0) is 13.5. The number of hydrogen-bond acceptors (Lipinski definition) is 3. The highest BCUT2D eigenvalue weighted by Gasteiger charge is 2.30. The first-order valence-corrected chi connectivity index (χ1v) is 6.82. The number of amides is 1. The van der Waals surface area contributed by atoms with Gasteiger partial charge < -0.3 is 10.4 Å². The van der Waals surface area contributed by atoms with Crippen LogP contribution < -0.4 is 5.32 Å². The Kier molecular flexibility index (Phi) is 6.12. The summed E-state index contributed by atoms with van der Waals surface area (Å²) >= 11 is 0. The molecular formula is C13H24N2O3. The van der Waals surface area contributed by atoms with Gasteiger partial charge in [0, 0.05) is 18.6 Å². The Morgan fingerprint density at radius 3 is 2.39 bits per heavy atom. The van der Waals surface area contributed by atoms with Gasteiger partial charge in [-0.15, -0.1) is 0 Å². The minimum atomic E-state index is -0.805. The normalized spacial score (nSPS) is 15.1. The Hall–Kier alpha value is -1.10. The van der Waals surface area contributed by atoms with E-state index in [4.69, 9.17) is 5.11 Å². The molecule has 1 saturated carbocycles. The van der Waals surface area contributed by atoms with Crippen molar-refractivity contribution in [2.45, 2.75) is 58.0 Å². The molecule has 1 rings (SSSR count). The van der Waals surface area contributed by atoms with Crippen LogP contribution in [-0.2, 0) is 9.59 Å². The number of aliphatic carboxylic acids is 1. The van der Waals surface area contributed by atoms with Gasteiger partial charge in [0.05, 0.1) is 13.0 Å². The smallest absolute Gasteiger partial charge is 0.304 e. The summed E-state index contributed by atoms with van der Waals surface area (Å²) < 4.78 is 0. The number of rotatable bonds is 9. The number of hydrogen-bond donors (Lipinski definition) is 2. The van der Waals surface area contributed by atoms with Crippen molar-refractivity contribution in [2.75, 3.05) is 13.1 Å². The Bertz CT molecular complexity index is 286. The number of nitrogens with one attached hydrogen (secondary N) is 1. The van der Waals surface area contributed by atoms with Crippen molar-refractivity contribution in [1.29, 1.82) is 0 Å². The largest absolute Gasteiger partial charge is 0.481 e. The molecule has 0 aromatic carbocycles. The minimum absolute atomic E-state index is 0.0148. The van der Waals surface area contributed by atoms with E-state index in [0.717, 1.165) is 25.7 Å². The molecular weight excluding hydrogens is 232 g/mol. The fourth-order valence-corrected chi connectivity index (χ4v) is 2.02. The number of carboxylic acids is 1. The highest BCUT2D eigenvalue weighted by Crippen LogP contribution is 2.26. The van der Waals surface area contributed by atoms with Crippen LogP contribution in [0.5, 0.6) is 0 Å². The van der Waals surface area contributed by atoms with E-state index in [-0.39, 0.29) is 18.4 Å². The Morgan fingerprint density at radius 1 is 1.33 bits per heavy atom. The first-order valence-electron chi connectivity index (χ1n) is 6.82. The molecule has 1 aliphatic rings. The Balaban J connectivity index is 2.35. The highest BCUT2D eigenvalue weighted by molar-refractivity contribution is 5.78. The fraction of sp³-hybridized carbons (Fsp3) is 0.846. The average Bonchev–Trinajstić information content (AvgIpc) is 3.15.